The molecule has 2 heterocycles. The Bertz CT molecular complexity index is 864. The molecule has 0 spiro atoms. The maximum Gasteiger partial charge on any atom is 0.241 e. The van der Waals surface area contributed by atoms with Crippen LogP contribution in [0.4, 0.5) is 11.4 Å². The molecule has 0 saturated carbocycles. The summed E-state index contributed by atoms with van der Waals surface area (Å²) in [6.07, 6.45) is 2.64. The lowest BCUT2D eigenvalue weighted by Crippen LogP contribution is -2.46. The highest BCUT2D eigenvalue weighted by molar-refractivity contribution is 5.98. The Hall–Kier alpha value is -2.66. The Morgan fingerprint density at radius 3 is 2.81 bits per heavy atom. The first kappa shape index (κ1) is 17.7. The lowest BCUT2D eigenvalue weighted by atomic mass is 10.1. The summed E-state index contributed by atoms with van der Waals surface area (Å²) < 4.78 is 0. The number of hydrogen-bond donors (Lipinski definition) is 1. The lowest BCUT2D eigenvalue weighted by molar-refractivity contribution is -0.123. The number of benzene rings is 2. The molecule has 140 valence electrons. The van der Waals surface area contributed by atoms with Gasteiger partial charge in [0.15, 0.2) is 0 Å². The number of nitrogens with one attached hydrogen (secondary N) is 1. The fraction of sp³-hybridized carbons (Fsp3) is 0.364. The number of para-hydroxylation sites is 1. The molecule has 2 aliphatic heterocycles. The predicted molar refractivity (Wildman–Crippen MR) is 107 cm³/mol. The van der Waals surface area contributed by atoms with E-state index >= 15 is 0 Å². The van der Waals surface area contributed by atoms with Crippen LogP contribution in [0.2, 0.25) is 0 Å². The van der Waals surface area contributed by atoms with Crippen molar-refractivity contribution in [3.05, 3.63) is 59.7 Å². The SMILES string of the molecule is Cc1cccc(NC(=O)[C@@H]2CCCN2CC(=O)N2CCc3ccccc32)c1. The third-order valence-corrected chi connectivity index (χ3v) is 5.48. The third kappa shape index (κ3) is 3.74. The molecule has 2 aromatic rings. The summed E-state index contributed by atoms with van der Waals surface area (Å²) in [6.45, 7) is 3.81. The molecule has 2 aromatic carbocycles. The molecule has 5 nitrogen and oxygen atoms in total. The summed E-state index contributed by atoms with van der Waals surface area (Å²) in [6, 6.07) is 15.6. The van der Waals surface area contributed by atoms with E-state index in [0.717, 1.165) is 49.3 Å². The van der Waals surface area contributed by atoms with Crippen LogP contribution in [0.15, 0.2) is 48.5 Å². The lowest BCUT2D eigenvalue weighted by Gasteiger charge is -2.26. The molecular weight excluding hydrogens is 338 g/mol. The Kier molecular flexibility index (Phi) is 4.94. The van der Waals surface area contributed by atoms with Crippen molar-refractivity contribution in [1.29, 1.82) is 0 Å². The van der Waals surface area contributed by atoms with Gasteiger partial charge in [0.25, 0.3) is 0 Å². The van der Waals surface area contributed by atoms with E-state index in [-0.39, 0.29) is 17.9 Å². The smallest absolute Gasteiger partial charge is 0.241 e. The zero-order valence-corrected chi connectivity index (χ0v) is 15.6. The zero-order chi connectivity index (χ0) is 18.8. The molecular formula is C22H25N3O2. The molecule has 0 radical (unpaired) electrons. The molecule has 1 fully saturated rings. The van der Waals surface area contributed by atoms with E-state index in [0.29, 0.717) is 6.54 Å². The fourth-order valence-electron chi connectivity index (χ4n) is 4.12. The highest BCUT2D eigenvalue weighted by Crippen LogP contribution is 2.28. The minimum Gasteiger partial charge on any atom is -0.325 e. The monoisotopic (exact) mass is 363 g/mol. The van der Waals surface area contributed by atoms with Gasteiger partial charge in [-0.2, -0.15) is 0 Å². The molecule has 5 heteroatoms. The summed E-state index contributed by atoms with van der Waals surface area (Å²) in [5.74, 6) is 0.0583. The van der Waals surface area contributed by atoms with Crippen LogP contribution in [0.1, 0.15) is 24.0 Å². The number of rotatable bonds is 4. The maximum absolute atomic E-state index is 12.9. The highest BCUT2D eigenvalue weighted by atomic mass is 16.2. The average Bonchev–Trinajstić information content (AvgIpc) is 3.28. The number of amides is 2. The van der Waals surface area contributed by atoms with Gasteiger partial charge in [0.1, 0.15) is 0 Å². The standard InChI is InChI=1S/C22H25N3O2/c1-16-6-4-8-18(14-16)23-22(27)20-10-5-12-24(20)15-21(26)25-13-11-17-7-2-3-9-19(17)25/h2-4,6-9,14,20H,5,10-13,15H2,1H3,(H,23,27)/t20-/m0/s1. The van der Waals surface area contributed by atoms with Crippen LogP contribution >= 0.6 is 0 Å². The van der Waals surface area contributed by atoms with Gasteiger partial charge in [-0.25, -0.2) is 0 Å². The minimum atomic E-state index is -0.243. The van der Waals surface area contributed by atoms with E-state index in [1.54, 1.807) is 0 Å². The molecule has 1 N–H and O–H groups in total. The Morgan fingerprint density at radius 2 is 1.96 bits per heavy atom. The molecule has 0 unspecified atom stereocenters. The van der Waals surface area contributed by atoms with Crippen LogP contribution in [-0.4, -0.2) is 42.4 Å². The Morgan fingerprint density at radius 1 is 1.11 bits per heavy atom. The van der Waals surface area contributed by atoms with Gasteiger partial charge in [-0.15, -0.1) is 0 Å². The molecule has 0 aliphatic carbocycles. The summed E-state index contributed by atoms with van der Waals surface area (Å²) in [5.41, 5.74) is 4.16. The van der Waals surface area contributed by atoms with Gasteiger partial charge in [0.2, 0.25) is 11.8 Å². The van der Waals surface area contributed by atoms with Crippen molar-refractivity contribution in [2.45, 2.75) is 32.2 Å². The largest absolute Gasteiger partial charge is 0.325 e. The highest BCUT2D eigenvalue weighted by Gasteiger charge is 2.34. The van der Waals surface area contributed by atoms with Crippen LogP contribution in [0.5, 0.6) is 0 Å². The van der Waals surface area contributed by atoms with E-state index in [1.807, 2.05) is 59.2 Å². The number of hydrogen-bond acceptors (Lipinski definition) is 3. The van der Waals surface area contributed by atoms with Gasteiger partial charge < -0.3 is 10.2 Å². The second-order valence-corrected chi connectivity index (χ2v) is 7.41. The molecule has 0 aromatic heterocycles. The van der Waals surface area contributed by atoms with Gasteiger partial charge in [0.05, 0.1) is 12.6 Å². The summed E-state index contributed by atoms with van der Waals surface area (Å²) in [5, 5.41) is 3.01. The molecule has 0 bridgehead atoms. The number of likely N-dealkylation sites (tertiary alicyclic amines) is 1. The first-order valence-corrected chi connectivity index (χ1v) is 9.62. The molecule has 1 atom stereocenters. The predicted octanol–water partition coefficient (Wildman–Crippen LogP) is 2.99. The van der Waals surface area contributed by atoms with Crippen molar-refractivity contribution in [1.82, 2.24) is 4.90 Å². The van der Waals surface area contributed by atoms with Crippen LogP contribution in [0.3, 0.4) is 0 Å². The fourth-order valence-corrected chi connectivity index (χ4v) is 4.12. The number of nitrogens with zero attached hydrogens (tertiary/aromatic N) is 2. The van der Waals surface area contributed by atoms with Crippen LogP contribution in [0.25, 0.3) is 0 Å². The van der Waals surface area contributed by atoms with Gasteiger partial charge >= 0.3 is 0 Å². The first-order valence-electron chi connectivity index (χ1n) is 9.62. The number of fused-ring (bicyclic) bond motifs is 1. The van der Waals surface area contributed by atoms with Crippen LogP contribution in [-0.2, 0) is 16.0 Å². The first-order chi connectivity index (χ1) is 13.1. The van der Waals surface area contributed by atoms with E-state index in [2.05, 4.69) is 11.4 Å². The average molecular weight is 363 g/mol. The van der Waals surface area contributed by atoms with Crippen molar-refractivity contribution in [2.75, 3.05) is 29.9 Å². The van der Waals surface area contributed by atoms with Crippen molar-refractivity contribution in [2.24, 2.45) is 0 Å². The topological polar surface area (TPSA) is 52.7 Å². The number of carbonyl (C=O) groups is 2. The minimum absolute atomic E-state index is 0.0206. The normalized spacial score (nSPS) is 19.1. The molecule has 1 saturated heterocycles. The van der Waals surface area contributed by atoms with Crippen LogP contribution < -0.4 is 10.2 Å². The number of anilines is 2. The molecule has 27 heavy (non-hydrogen) atoms. The second kappa shape index (κ2) is 7.53. The van der Waals surface area contributed by atoms with E-state index in [1.165, 1.54) is 5.56 Å². The van der Waals surface area contributed by atoms with E-state index in [4.69, 9.17) is 0 Å². The number of aryl methyl sites for hydroxylation is 1. The molecule has 2 aliphatic rings. The Labute approximate surface area is 160 Å². The zero-order valence-electron chi connectivity index (χ0n) is 15.6. The summed E-state index contributed by atoms with van der Waals surface area (Å²) in [7, 11) is 0. The van der Waals surface area contributed by atoms with Gasteiger partial charge in [0, 0.05) is 17.9 Å². The van der Waals surface area contributed by atoms with Gasteiger partial charge in [-0.3, -0.25) is 14.5 Å². The van der Waals surface area contributed by atoms with Crippen molar-refractivity contribution in [3.8, 4) is 0 Å². The van der Waals surface area contributed by atoms with E-state index in [9.17, 15) is 9.59 Å². The second-order valence-electron chi connectivity index (χ2n) is 7.41. The van der Waals surface area contributed by atoms with Gasteiger partial charge in [-0.05, 0) is 62.1 Å². The van der Waals surface area contributed by atoms with Gasteiger partial charge in [-0.1, -0.05) is 30.3 Å². The Balaban J connectivity index is 1.41. The van der Waals surface area contributed by atoms with Crippen molar-refractivity contribution >= 4 is 23.2 Å². The third-order valence-electron chi connectivity index (χ3n) is 5.48. The molecule has 4 rings (SSSR count). The van der Waals surface area contributed by atoms with Crippen LogP contribution in [0, 0.1) is 6.92 Å². The summed E-state index contributed by atoms with van der Waals surface area (Å²) in [4.78, 5) is 29.5. The number of carbonyl (C=O) groups excluding carboxylic acids is 2. The maximum atomic E-state index is 12.9. The van der Waals surface area contributed by atoms with Crippen molar-refractivity contribution in [3.63, 3.8) is 0 Å². The molecule has 2 amide bonds. The van der Waals surface area contributed by atoms with E-state index < -0.39 is 0 Å². The van der Waals surface area contributed by atoms with Crippen molar-refractivity contribution < 1.29 is 9.59 Å². The summed E-state index contributed by atoms with van der Waals surface area (Å²) >= 11 is 0. The quantitative estimate of drug-likeness (QED) is 0.909.